The van der Waals surface area contributed by atoms with Gasteiger partial charge < -0.3 is 19.4 Å². The molecule has 2 aromatic rings. The number of imide groups is 1. The van der Waals surface area contributed by atoms with Gasteiger partial charge in [-0.2, -0.15) is 0 Å². The fraction of sp³-hybridized carbons (Fsp3) is 0.364. The lowest BCUT2D eigenvalue weighted by atomic mass is 10.1. The van der Waals surface area contributed by atoms with Crippen LogP contribution in [0.2, 0.25) is 5.02 Å². The van der Waals surface area contributed by atoms with Crippen molar-refractivity contribution in [3.05, 3.63) is 63.2 Å². The fourth-order valence-corrected chi connectivity index (χ4v) is 3.87. The Bertz CT molecular complexity index is 1110. The highest BCUT2D eigenvalue weighted by Crippen LogP contribution is 2.18. The van der Waals surface area contributed by atoms with Crippen LogP contribution in [-0.4, -0.2) is 59.9 Å². The molecule has 4 rings (SSSR count). The van der Waals surface area contributed by atoms with Crippen LogP contribution < -0.4 is 20.8 Å². The molecule has 3 heterocycles. The molecule has 1 atom stereocenters. The molecule has 11 heteroatoms. The molecule has 174 valence electrons. The monoisotopic (exact) mass is 474 g/mol. The van der Waals surface area contributed by atoms with E-state index in [-0.39, 0.29) is 30.1 Å². The third-order valence-corrected chi connectivity index (χ3v) is 5.90. The van der Waals surface area contributed by atoms with Crippen LogP contribution in [0.5, 0.6) is 5.75 Å². The molecule has 1 aromatic heterocycles. The Hall–Kier alpha value is -3.37. The van der Waals surface area contributed by atoms with Crippen LogP contribution in [0.1, 0.15) is 17.7 Å². The predicted octanol–water partition coefficient (Wildman–Crippen LogP) is 1.11. The number of carbonyl (C=O) groups excluding carboxylic acids is 3. The first kappa shape index (κ1) is 22.8. The van der Waals surface area contributed by atoms with Gasteiger partial charge in [-0.1, -0.05) is 29.8 Å². The van der Waals surface area contributed by atoms with Gasteiger partial charge in [-0.25, -0.2) is 4.79 Å². The van der Waals surface area contributed by atoms with E-state index in [1.54, 1.807) is 11.0 Å². The van der Waals surface area contributed by atoms with Crippen LogP contribution in [0, 0.1) is 0 Å². The van der Waals surface area contributed by atoms with Crippen LogP contribution in [0.25, 0.3) is 0 Å². The molecule has 2 saturated heterocycles. The summed E-state index contributed by atoms with van der Waals surface area (Å²) < 4.78 is 11.1. The number of urea groups is 1. The highest BCUT2D eigenvalue weighted by atomic mass is 35.5. The lowest BCUT2D eigenvalue weighted by Gasteiger charge is -2.34. The SMILES string of the molecule is O=C1NC(=O)C(CC(=O)N2CCN(Cc3cc(=O)c(OCc4ccccc4Cl)co3)CC2)N1. The number of hydrogen-bond donors (Lipinski definition) is 2. The number of nitrogens with zero attached hydrogens (tertiary/aromatic N) is 2. The molecule has 0 radical (unpaired) electrons. The second kappa shape index (κ2) is 10.1. The molecule has 0 bridgehead atoms. The fourth-order valence-electron chi connectivity index (χ4n) is 3.68. The lowest BCUT2D eigenvalue weighted by Crippen LogP contribution is -2.49. The van der Waals surface area contributed by atoms with Gasteiger partial charge in [0.05, 0.1) is 13.0 Å². The van der Waals surface area contributed by atoms with Gasteiger partial charge >= 0.3 is 6.03 Å². The molecule has 1 unspecified atom stereocenters. The third kappa shape index (κ3) is 5.71. The van der Waals surface area contributed by atoms with E-state index in [9.17, 15) is 19.2 Å². The van der Waals surface area contributed by atoms with Crippen molar-refractivity contribution < 1.29 is 23.5 Å². The molecular weight excluding hydrogens is 452 g/mol. The molecule has 10 nitrogen and oxygen atoms in total. The van der Waals surface area contributed by atoms with Crippen molar-refractivity contribution >= 4 is 29.4 Å². The molecule has 0 saturated carbocycles. The average Bonchev–Trinajstić information content (AvgIpc) is 3.11. The predicted molar refractivity (Wildman–Crippen MR) is 118 cm³/mol. The molecule has 0 spiro atoms. The number of amides is 4. The smallest absolute Gasteiger partial charge is 0.322 e. The summed E-state index contributed by atoms with van der Waals surface area (Å²) in [6.07, 6.45) is 1.23. The summed E-state index contributed by atoms with van der Waals surface area (Å²) in [5.41, 5.74) is 0.486. The Kier molecular flexibility index (Phi) is 6.95. The van der Waals surface area contributed by atoms with Crippen molar-refractivity contribution in [3.63, 3.8) is 0 Å². The van der Waals surface area contributed by atoms with E-state index in [1.165, 1.54) is 12.3 Å². The van der Waals surface area contributed by atoms with Gasteiger partial charge in [0.25, 0.3) is 5.91 Å². The van der Waals surface area contributed by atoms with Gasteiger partial charge in [0, 0.05) is 42.8 Å². The number of ether oxygens (including phenoxy) is 1. The van der Waals surface area contributed by atoms with Crippen molar-refractivity contribution in [2.24, 2.45) is 0 Å². The summed E-state index contributed by atoms with van der Waals surface area (Å²) in [4.78, 5) is 51.3. The molecule has 2 aliphatic heterocycles. The highest BCUT2D eigenvalue weighted by molar-refractivity contribution is 6.31. The normalized spacial score (nSPS) is 18.7. The first-order valence-corrected chi connectivity index (χ1v) is 10.9. The first-order valence-electron chi connectivity index (χ1n) is 10.5. The maximum absolute atomic E-state index is 12.4. The Labute approximate surface area is 194 Å². The molecule has 2 aliphatic rings. The molecule has 33 heavy (non-hydrogen) atoms. The minimum absolute atomic E-state index is 0.0674. The molecule has 1 aromatic carbocycles. The van der Waals surface area contributed by atoms with Crippen molar-refractivity contribution in [2.45, 2.75) is 25.6 Å². The number of halogens is 1. The topological polar surface area (TPSA) is 121 Å². The Balaban J connectivity index is 1.25. The highest BCUT2D eigenvalue weighted by Gasteiger charge is 2.33. The zero-order chi connectivity index (χ0) is 23.4. The zero-order valence-corrected chi connectivity index (χ0v) is 18.5. The van der Waals surface area contributed by atoms with E-state index in [0.717, 1.165) is 5.56 Å². The number of nitrogens with one attached hydrogen (secondary N) is 2. The minimum Gasteiger partial charge on any atom is -0.482 e. The summed E-state index contributed by atoms with van der Waals surface area (Å²) in [7, 11) is 0. The maximum Gasteiger partial charge on any atom is 0.322 e. The summed E-state index contributed by atoms with van der Waals surface area (Å²) in [6, 6.07) is 7.23. The molecule has 2 fully saturated rings. The summed E-state index contributed by atoms with van der Waals surface area (Å²) >= 11 is 6.10. The van der Waals surface area contributed by atoms with Crippen LogP contribution in [0.15, 0.2) is 45.8 Å². The van der Waals surface area contributed by atoms with Crippen LogP contribution in [0.4, 0.5) is 4.79 Å². The molecule has 2 N–H and O–H groups in total. The molecule has 4 amide bonds. The van der Waals surface area contributed by atoms with Crippen molar-refractivity contribution in [3.8, 4) is 5.75 Å². The lowest BCUT2D eigenvalue weighted by molar-refractivity contribution is -0.135. The van der Waals surface area contributed by atoms with Crippen LogP contribution >= 0.6 is 11.6 Å². The third-order valence-electron chi connectivity index (χ3n) is 5.54. The van der Waals surface area contributed by atoms with E-state index >= 15 is 0 Å². The van der Waals surface area contributed by atoms with E-state index in [0.29, 0.717) is 43.5 Å². The van der Waals surface area contributed by atoms with E-state index in [4.69, 9.17) is 20.8 Å². The van der Waals surface area contributed by atoms with Gasteiger partial charge in [0.15, 0.2) is 0 Å². The average molecular weight is 475 g/mol. The maximum atomic E-state index is 12.4. The first-order chi connectivity index (χ1) is 15.9. The van der Waals surface area contributed by atoms with Gasteiger partial charge in [-0.15, -0.1) is 0 Å². The molecule has 0 aliphatic carbocycles. The van der Waals surface area contributed by atoms with Gasteiger partial charge in [-0.05, 0) is 6.07 Å². The van der Waals surface area contributed by atoms with Crippen LogP contribution in [0.3, 0.4) is 0 Å². The van der Waals surface area contributed by atoms with E-state index in [1.807, 2.05) is 18.2 Å². The number of rotatable bonds is 7. The standard InChI is InChI=1S/C22H23ClN4O6/c23-16-4-2-1-3-14(16)12-33-19-13-32-15(9-18(19)28)11-26-5-7-27(8-6-26)20(29)10-17-21(30)25-22(31)24-17/h1-4,9,13,17H,5-8,10-12H2,(H2,24,25,30,31). The van der Waals surface area contributed by atoms with Crippen molar-refractivity contribution in [2.75, 3.05) is 26.2 Å². The Morgan fingerprint density at radius 3 is 2.58 bits per heavy atom. The van der Waals surface area contributed by atoms with Gasteiger partial charge in [0.1, 0.15) is 24.7 Å². The summed E-state index contributed by atoms with van der Waals surface area (Å²) in [5.74, 6) is -0.0720. The molecular formula is C22H23ClN4O6. The largest absolute Gasteiger partial charge is 0.482 e. The van der Waals surface area contributed by atoms with Gasteiger partial charge in [0.2, 0.25) is 17.1 Å². The zero-order valence-electron chi connectivity index (χ0n) is 17.7. The van der Waals surface area contributed by atoms with Crippen LogP contribution in [-0.2, 0) is 22.7 Å². The van der Waals surface area contributed by atoms with Gasteiger partial charge in [-0.3, -0.25) is 24.6 Å². The second-order valence-electron chi connectivity index (χ2n) is 7.83. The number of hydrogen-bond acceptors (Lipinski definition) is 7. The summed E-state index contributed by atoms with van der Waals surface area (Å²) in [6.45, 7) is 2.71. The van der Waals surface area contributed by atoms with Crippen molar-refractivity contribution in [1.29, 1.82) is 0 Å². The number of benzene rings is 1. The Morgan fingerprint density at radius 2 is 1.91 bits per heavy atom. The minimum atomic E-state index is -0.823. The second-order valence-corrected chi connectivity index (χ2v) is 8.24. The quantitative estimate of drug-likeness (QED) is 0.576. The Morgan fingerprint density at radius 1 is 1.15 bits per heavy atom. The van der Waals surface area contributed by atoms with Crippen molar-refractivity contribution in [1.82, 2.24) is 20.4 Å². The van der Waals surface area contributed by atoms with E-state index < -0.39 is 18.0 Å². The number of carbonyl (C=O) groups is 3. The van der Waals surface area contributed by atoms with E-state index in [2.05, 4.69) is 15.5 Å². The summed E-state index contributed by atoms with van der Waals surface area (Å²) in [5, 5.41) is 5.11. The number of piperazine rings is 1.